The van der Waals surface area contributed by atoms with E-state index in [-0.39, 0.29) is 0 Å². The van der Waals surface area contributed by atoms with Crippen molar-refractivity contribution >= 4 is 16.9 Å². The number of hydrogen-bond donors (Lipinski definition) is 0. The molecule has 14 heavy (non-hydrogen) atoms. The lowest BCUT2D eigenvalue weighted by molar-refractivity contribution is 0.342. The highest BCUT2D eigenvalue weighted by Gasteiger charge is 2.06. The molecule has 0 spiro atoms. The third-order valence-corrected chi connectivity index (χ3v) is 2.50. The van der Waals surface area contributed by atoms with Gasteiger partial charge in [0.15, 0.2) is 5.29 Å². The van der Waals surface area contributed by atoms with Crippen molar-refractivity contribution < 1.29 is 0 Å². The molecule has 0 atom stereocenters. The normalized spacial score (nSPS) is 12.7. The Morgan fingerprint density at radius 2 is 1.93 bits per heavy atom. The van der Waals surface area contributed by atoms with E-state index in [2.05, 4.69) is 30.7 Å². The monoisotopic (exact) mass is 219 g/mol. The molecule has 0 aliphatic heterocycles. The summed E-state index contributed by atoms with van der Waals surface area (Å²) in [7, 11) is 4.00. The van der Waals surface area contributed by atoms with Gasteiger partial charge in [-0.3, -0.25) is 4.90 Å². The molecule has 0 aliphatic carbocycles. The molecule has 0 aromatic heterocycles. The summed E-state index contributed by atoms with van der Waals surface area (Å²) in [6.07, 6.45) is 1.14. The molecular formula is C10H22ClN3. The fourth-order valence-electron chi connectivity index (χ4n) is 0.956. The van der Waals surface area contributed by atoms with Crippen LogP contribution in [0.3, 0.4) is 0 Å². The van der Waals surface area contributed by atoms with Gasteiger partial charge in [0.1, 0.15) is 0 Å². The number of hydrogen-bond acceptors (Lipinski definition) is 2. The summed E-state index contributed by atoms with van der Waals surface area (Å²) < 4.78 is 0. The SMILES string of the molecule is CCCN(C)C/N=C(/Cl)N(C)C(C)C. The van der Waals surface area contributed by atoms with E-state index in [1.165, 1.54) is 0 Å². The molecule has 0 radical (unpaired) electrons. The molecule has 0 rings (SSSR count). The Morgan fingerprint density at radius 3 is 2.36 bits per heavy atom. The van der Waals surface area contributed by atoms with Gasteiger partial charge in [0.2, 0.25) is 0 Å². The van der Waals surface area contributed by atoms with E-state index in [4.69, 9.17) is 11.6 Å². The molecular weight excluding hydrogens is 198 g/mol. The number of halogens is 1. The summed E-state index contributed by atoms with van der Waals surface area (Å²) in [5, 5.41) is 0.586. The van der Waals surface area contributed by atoms with Gasteiger partial charge in [0, 0.05) is 13.1 Å². The molecule has 0 heterocycles. The van der Waals surface area contributed by atoms with Crippen LogP contribution >= 0.6 is 11.6 Å². The molecule has 0 unspecified atom stereocenters. The lowest BCUT2D eigenvalue weighted by atomic mass is 10.4. The molecule has 0 bridgehead atoms. The van der Waals surface area contributed by atoms with Crippen molar-refractivity contribution in [3.63, 3.8) is 0 Å². The van der Waals surface area contributed by atoms with E-state index in [1.807, 2.05) is 19.0 Å². The Balaban J connectivity index is 3.98. The Kier molecular flexibility index (Phi) is 6.93. The summed E-state index contributed by atoms with van der Waals surface area (Å²) in [6.45, 7) is 8.06. The van der Waals surface area contributed by atoms with Gasteiger partial charge < -0.3 is 4.90 Å². The van der Waals surface area contributed by atoms with Gasteiger partial charge in [0.05, 0.1) is 6.67 Å². The summed E-state index contributed by atoms with van der Waals surface area (Å²) in [5.41, 5.74) is 0. The average molecular weight is 220 g/mol. The van der Waals surface area contributed by atoms with Crippen LogP contribution in [0.25, 0.3) is 0 Å². The topological polar surface area (TPSA) is 18.8 Å². The van der Waals surface area contributed by atoms with E-state index < -0.39 is 0 Å². The van der Waals surface area contributed by atoms with Crippen LogP contribution < -0.4 is 0 Å². The van der Waals surface area contributed by atoms with Gasteiger partial charge in [-0.15, -0.1) is 0 Å². The molecule has 84 valence electrons. The number of nitrogens with zero attached hydrogens (tertiary/aromatic N) is 3. The lowest BCUT2D eigenvalue weighted by Gasteiger charge is -2.22. The minimum absolute atomic E-state index is 0.391. The van der Waals surface area contributed by atoms with Crippen molar-refractivity contribution in [2.75, 3.05) is 27.3 Å². The third kappa shape index (κ3) is 5.45. The van der Waals surface area contributed by atoms with Gasteiger partial charge in [-0.1, -0.05) is 6.92 Å². The van der Waals surface area contributed by atoms with E-state index >= 15 is 0 Å². The first-order valence-corrected chi connectivity index (χ1v) is 5.48. The highest BCUT2D eigenvalue weighted by molar-refractivity contribution is 6.64. The van der Waals surface area contributed by atoms with Crippen molar-refractivity contribution in [2.45, 2.75) is 33.2 Å². The lowest BCUT2D eigenvalue weighted by Crippen LogP contribution is -2.31. The highest BCUT2D eigenvalue weighted by Crippen LogP contribution is 2.00. The second kappa shape index (κ2) is 7.07. The summed E-state index contributed by atoms with van der Waals surface area (Å²) in [5.74, 6) is 0. The van der Waals surface area contributed by atoms with E-state index in [9.17, 15) is 0 Å². The van der Waals surface area contributed by atoms with Crippen LogP contribution in [-0.2, 0) is 0 Å². The van der Waals surface area contributed by atoms with Gasteiger partial charge in [-0.05, 0) is 45.5 Å². The van der Waals surface area contributed by atoms with Crippen molar-refractivity contribution in [1.29, 1.82) is 0 Å². The summed E-state index contributed by atoms with van der Waals surface area (Å²) >= 11 is 6.02. The molecule has 0 fully saturated rings. The quantitative estimate of drug-likeness (QED) is 0.401. The number of rotatable bonds is 5. The molecule has 0 aromatic rings. The van der Waals surface area contributed by atoms with E-state index in [1.54, 1.807) is 0 Å². The molecule has 0 aliphatic rings. The Morgan fingerprint density at radius 1 is 1.36 bits per heavy atom. The van der Waals surface area contributed by atoms with Crippen molar-refractivity contribution in [2.24, 2.45) is 4.99 Å². The van der Waals surface area contributed by atoms with Crippen molar-refractivity contribution in [1.82, 2.24) is 9.80 Å². The first-order chi connectivity index (χ1) is 6.49. The Hall–Kier alpha value is -0.280. The zero-order valence-corrected chi connectivity index (χ0v) is 10.7. The molecule has 4 heteroatoms. The van der Waals surface area contributed by atoms with Crippen LogP contribution in [0.1, 0.15) is 27.2 Å². The average Bonchev–Trinajstić information content (AvgIpc) is 2.13. The fraction of sp³-hybridized carbons (Fsp3) is 0.900. The molecule has 0 saturated heterocycles. The number of aliphatic imine (C=N–C) groups is 1. The Labute approximate surface area is 92.7 Å². The van der Waals surface area contributed by atoms with Gasteiger partial charge >= 0.3 is 0 Å². The highest BCUT2D eigenvalue weighted by atomic mass is 35.5. The van der Waals surface area contributed by atoms with Crippen LogP contribution in [0.4, 0.5) is 0 Å². The predicted molar refractivity (Wildman–Crippen MR) is 64.0 cm³/mol. The maximum absolute atomic E-state index is 6.02. The minimum atomic E-state index is 0.391. The maximum atomic E-state index is 6.02. The number of amidine groups is 1. The van der Waals surface area contributed by atoms with Gasteiger partial charge in [-0.2, -0.15) is 0 Å². The summed E-state index contributed by atoms with van der Waals surface area (Å²) in [6, 6.07) is 0.391. The zero-order valence-electron chi connectivity index (χ0n) is 9.92. The second-order valence-corrected chi connectivity index (χ2v) is 4.19. The molecule has 0 aromatic carbocycles. The standard InChI is InChI=1S/C10H22ClN3/c1-6-7-13(4)8-12-10(11)14(5)9(2)3/h9H,6-8H2,1-5H3/b12-10-. The van der Waals surface area contributed by atoms with Crippen molar-refractivity contribution in [3.8, 4) is 0 Å². The van der Waals surface area contributed by atoms with Gasteiger partial charge in [-0.25, -0.2) is 4.99 Å². The third-order valence-electron chi connectivity index (χ3n) is 2.11. The maximum Gasteiger partial charge on any atom is 0.195 e. The van der Waals surface area contributed by atoms with E-state index in [0.717, 1.165) is 13.0 Å². The molecule has 0 N–H and O–H groups in total. The van der Waals surface area contributed by atoms with Crippen LogP contribution in [0.5, 0.6) is 0 Å². The van der Waals surface area contributed by atoms with Crippen LogP contribution in [-0.4, -0.2) is 48.4 Å². The van der Waals surface area contributed by atoms with Gasteiger partial charge in [0.25, 0.3) is 0 Å². The van der Waals surface area contributed by atoms with Crippen molar-refractivity contribution in [3.05, 3.63) is 0 Å². The van der Waals surface area contributed by atoms with Crippen LogP contribution in [0.15, 0.2) is 4.99 Å². The largest absolute Gasteiger partial charge is 0.348 e. The Bertz CT molecular complexity index is 180. The minimum Gasteiger partial charge on any atom is -0.348 e. The second-order valence-electron chi connectivity index (χ2n) is 3.85. The first kappa shape index (κ1) is 13.7. The molecule has 3 nitrogen and oxygen atoms in total. The fourth-order valence-corrected chi connectivity index (χ4v) is 1.20. The van der Waals surface area contributed by atoms with Crippen LogP contribution in [0.2, 0.25) is 0 Å². The summed E-state index contributed by atoms with van der Waals surface area (Å²) in [4.78, 5) is 8.41. The smallest absolute Gasteiger partial charge is 0.195 e. The first-order valence-electron chi connectivity index (χ1n) is 5.10. The molecule has 0 amide bonds. The zero-order chi connectivity index (χ0) is 11.1. The predicted octanol–water partition coefficient (Wildman–Crippen LogP) is 2.22. The molecule has 0 saturated carbocycles. The van der Waals surface area contributed by atoms with Crippen LogP contribution in [0, 0.1) is 0 Å². The van der Waals surface area contributed by atoms with E-state index in [0.29, 0.717) is 18.0 Å².